The predicted molar refractivity (Wildman–Crippen MR) is 117 cm³/mol. The van der Waals surface area contributed by atoms with Gasteiger partial charge in [-0.3, -0.25) is 4.79 Å². The molecule has 4 rings (SSSR count). The van der Waals surface area contributed by atoms with Crippen LogP contribution in [-0.4, -0.2) is 32.9 Å². The summed E-state index contributed by atoms with van der Waals surface area (Å²) in [6, 6.07) is 16.0. The molecular formula is C22H24N4OS. The minimum Gasteiger partial charge on any atom is -0.361 e. The van der Waals surface area contributed by atoms with Gasteiger partial charge < -0.3 is 15.3 Å². The first-order valence-corrected chi connectivity index (χ1v) is 10.9. The normalized spacial score (nSPS) is 12.5. The van der Waals surface area contributed by atoms with Crippen LogP contribution >= 0.6 is 11.8 Å². The maximum atomic E-state index is 12.7. The fraction of sp³-hybridized carbons (Fsp3) is 0.273. The molecule has 3 N–H and O–H groups in total. The molecule has 0 saturated carbocycles. The summed E-state index contributed by atoms with van der Waals surface area (Å²) >= 11 is 1.77. The number of nitrogens with one attached hydrogen (secondary N) is 3. The molecule has 2 heterocycles. The van der Waals surface area contributed by atoms with Crippen molar-refractivity contribution < 1.29 is 4.79 Å². The Hall–Kier alpha value is -2.73. The zero-order valence-corrected chi connectivity index (χ0v) is 16.7. The highest BCUT2D eigenvalue weighted by Crippen LogP contribution is 2.21. The molecule has 0 aliphatic carbocycles. The van der Waals surface area contributed by atoms with Crippen molar-refractivity contribution in [2.75, 3.05) is 12.0 Å². The topological polar surface area (TPSA) is 73.6 Å². The molecule has 1 unspecified atom stereocenters. The van der Waals surface area contributed by atoms with Crippen molar-refractivity contribution in [2.45, 2.75) is 25.3 Å². The van der Waals surface area contributed by atoms with Crippen molar-refractivity contribution in [1.29, 1.82) is 0 Å². The summed E-state index contributed by atoms with van der Waals surface area (Å²) in [7, 11) is 0. The van der Waals surface area contributed by atoms with Crippen LogP contribution in [0.3, 0.4) is 0 Å². The molecule has 0 saturated heterocycles. The Labute approximate surface area is 168 Å². The van der Waals surface area contributed by atoms with Gasteiger partial charge in [0.05, 0.1) is 17.1 Å². The Morgan fingerprint density at radius 2 is 1.93 bits per heavy atom. The number of imidazole rings is 1. The molecule has 6 heteroatoms. The summed E-state index contributed by atoms with van der Waals surface area (Å²) in [6.45, 7) is 0. The van der Waals surface area contributed by atoms with E-state index in [1.165, 1.54) is 10.9 Å². The average Bonchev–Trinajstić information content (AvgIpc) is 3.33. The van der Waals surface area contributed by atoms with Crippen LogP contribution in [0, 0.1) is 0 Å². The highest BCUT2D eigenvalue weighted by Gasteiger charge is 2.18. The van der Waals surface area contributed by atoms with Crippen molar-refractivity contribution >= 4 is 39.6 Å². The molecule has 1 amide bonds. The van der Waals surface area contributed by atoms with E-state index in [1.807, 2.05) is 42.6 Å². The molecule has 0 aliphatic rings. The lowest BCUT2D eigenvalue weighted by molar-refractivity contribution is -0.121. The predicted octanol–water partition coefficient (Wildman–Crippen LogP) is 4.59. The van der Waals surface area contributed by atoms with Gasteiger partial charge in [-0.2, -0.15) is 11.8 Å². The number of hydrogen-bond donors (Lipinski definition) is 3. The lowest BCUT2D eigenvalue weighted by Gasteiger charge is -2.16. The summed E-state index contributed by atoms with van der Waals surface area (Å²) in [6.07, 6.45) is 6.10. The molecule has 5 nitrogen and oxygen atoms in total. The molecular weight excluding hydrogens is 368 g/mol. The van der Waals surface area contributed by atoms with Gasteiger partial charge in [-0.1, -0.05) is 30.3 Å². The number of H-pyrrole nitrogens is 2. The Morgan fingerprint density at radius 3 is 2.75 bits per heavy atom. The first-order chi connectivity index (χ1) is 13.7. The molecule has 28 heavy (non-hydrogen) atoms. The second-order valence-corrected chi connectivity index (χ2v) is 7.89. The van der Waals surface area contributed by atoms with E-state index < -0.39 is 0 Å². The number of fused-ring (bicyclic) bond motifs is 2. The van der Waals surface area contributed by atoms with Gasteiger partial charge in [-0.05, 0) is 48.6 Å². The molecule has 0 aliphatic heterocycles. The Balaban J connectivity index is 1.44. The third-order valence-electron chi connectivity index (χ3n) is 4.98. The van der Waals surface area contributed by atoms with Gasteiger partial charge in [-0.25, -0.2) is 4.98 Å². The molecule has 0 fully saturated rings. The Morgan fingerprint density at radius 1 is 1.14 bits per heavy atom. The van der Waals surface area contributed by atoms with Crippen molar-refractivity contribution in [1.82, 2.24) is 20.3 Å². The number of hydrogen-bond acceptors (Lipinski definition) is 3. The molecule has 0 radical (unpaired) electrons. The number of amides is 1. The number of para-hydroxylation sites is 3. The maximum absolute atomic E-state index is 12.7. The number of carbonyl (C=O) groups is 1. The Kier molecular flexibility index (Phi) is 5.67. The van der Waals surface area contributed by atoms with E-state index >= 15 is 0 Å². The monoisotopic (exact) mass is 392 g/mol. The number of thioether (sulfide) groups is 1. The van der Waals surface area contributed by atoms with Gasteiger partial charge in [0, 0.05) is 23.5 Å². The van der Waals surface area contributed by atoms with Crippen molar-refractivity contribution in [3.8, 4) is 0 Å². The SMILES string of the molecule is CSCCC(NC(=O)CCc1c[nH]c2ccccc12)c1nc2ccccc2[nH]1. The zero-order chi connectivity index (χ0) is 19.3. The second-order valence-electron chi connectivity index (χ2n) is 6.90. The number of benzene rings is 2. The third-order valence-corrected chi connectivity index (χ3v) is 5.62. The van der Waals surface area contributed by atoms with Crippen LogP contribution in [0.25, 0.3) is 21.9 Å². The van der Waals surface area contributed by atoms with Crippen molar-refractivity contribution in [3.05, 3.63) is 66.1 Å². The largest absolute Gasteiger partial charge is 0.361 e. The number of nitrogens with zero attached hydrogens (tertiary/aromatic N) is 1. The molecule has 144 valence electrons. The minimum absolute atomic E-state index is 0.0526. The minimum atomic E-state index is -0.102. The van der Waals surface area contributed by atoms with E-state index in [1.54, 1.807) is 11.8 Å². The van der Waals surface area contributed by atoms with Crippen LogP contribution < -0.4 is 5.32 Å². The molecule has 2 aromatic carbocycles. The van der Waals surface area contributed by atoms with Gasteiger partial charge in [0.1, 0.15) is 5.82 Å². The lowest BCUT2D eigenvalue weighted by atomic mass is 10.1. The molecule has 2 aromatic heterocycles. The van der Waals surface area contributed by atoms with Crippen molar-refractivity contribution in [3.63, 3.8) is 0 Å². The van der Waals surface area contributed by atoms with Gasteiger partial charge in [0.15, 0.2) is 0 Å². The summed E-state index contributed by atoms with van der Waals surface area (Å²) in [4.78, 5) is 24.0. The van der Waals surface area contributed by atoms with Crippen LogP contribution in [0.1, 0.15) is 30.3 Å². The zero-order valence-electron chi connectivity index (χ0n) is 15.9. The number of aryl methyl sites for hydroxylation is 1. The van der Waals surface area contributed by atoms with Crippen LogP contribution in [0.15, 0.2) is 54.7 Å². The molecule has 0 bridgehead atoms. The van der Waals surface area contributed by atoms with E-state index in [0.717, 1.165) is 34.5 Å². The fourth-order valence-electron chi connectivity index (χ4n) is 3.50. The summed E-state index contributed by atoms with van der Waals surface area (Å²) in [5.74, 6) is 1.84. The van der Waals surface area contributed by atoms with Crippen LogP contribution in [0.4, 0.5) is 0 Å². The summed E-state index contributed by atoms with van der Waals surface area (Å²) < 4.78 is 0. The highest BCUT2D eigenvalue weighted by molar-refractivity contribution is 7.98. The van der Waals surface area contributed by atoms with Crippen LogP contribution in [-0.2, 0) is 11.2 Å². The van der Waals surface area contributed by atoms with Crippen LogP contribution in [0.5, 0.6) is 0 Å². The fourth-order valence-corrected chi connectivity index (χ4v) is 3.98. The van der Waals surface area contributed by atoms with E-state index in [9.17, 15) is 4.79 Å². The smallest absolute Gasteiger partial charge is 0.220 e. The molecule has 1 atom stereocenters. The first-order valence-electron chi connectivity index (χ1n) is 9.52. The van der Waals surface area contributed by atoms with Gasteiger partial charge in [-0.15, -0.1) is 0 Å². The molecule has 0 spiro atoms. The van der Waals surface area contributed by atoms with Gasteiger partial charge in [0.25, 0.3) is 0 Å². The van der Waals surface area contributed by atoms with E-state index in [4.69, 9.17) is 0 Å². The van der Waals surface area contributed by atoms with Gasteiger partial charge >= 0.3 is 0 Å². The number of carbonyl (C=O) groups excluding carboxylic acids is 1. The van der Waals surface area contributed by atoms with Crippen molar-refractivity contribution in [2.24, 2.45) is 0 Å². The highest BCUT2D eigenvalue weighted by atomic mass is 32.2. The lowest BCUT2D eigenvalue weighted by Crippen LogP contribution is -2.30. The summed E-state index contributed by atoms with van der Waals surface area (Å²) in [5.41, 5.74) is 4.22. The average molecular weight is 393 g/mol. The standard InChI is InChI=1S/C22H24N4OS/c1-28-13-12-20(22-25-18-8-4-5-9-19(18)26-22)24-21(27)11-10-15-14-23-17-7-3-2-6-16(15)17/h2-9,14,20,23H,10-13H2,1H3,(H,24,27)(H,25,26). The maximum Gasteiger partial charge on any atom is 0.220 e. The van der Waals surface area contributed by atoms with Crippen LogP contribution in [0.2, 0.25) is 0 Å². The molecule has 4 aromatic rings. The quantitative estimate of drug-likeness (QED) is 0.411. The van der Waals surface area contributed by atoms with E-state index in [-0.39, 0.29) is 11.9 Å². The third kappa shape index (κ3) is 4.07. The summed E-state index contributed by atoms with van der Waals surface area (Å²) in [5, 5.41) is 4.37. The Bertz CT molecular complexity index is 1050. The van der Waals surface area contributed by atoms with E-state index in [2.05, 4.69) is 38.7 Å². The van der Waals surface area contributed by atoms with Gasteiger partial charge in [0.2, 0.25) is 5.91 Å². The number of aromatic amines is 2. The first kappa shape index (κ1) is 18.6. The number of rotatable bonds is 8. The van der Waals surface area contributed by atoms with E-state index in [0.29, 0.717) is 12.8 Å². The number of aromatic nitrogens is 3. The second kappa shape index (κ2) is 8.52.